The minimum atomic E-state index is -4.45. The maximum absolute atomic E-state index is 12.7. The van der Waals surface area contributed by atoms with Gasteiger partial charge in [-0.05, 0) is 30.3 Å². The summed E-state index contributed by atoms with van der Waals surface area (Å²) in [6.07, 6.45) is -4.45. The van der Waals surface area contributed by atoms with E-state index in [4.69, 9.17) is 9.47 Å². The van der Waals surface area contributed by atoms with Crippen LogP contribution in [0.15, 0.2) is 42.5 Å². The van der Waals surface area contributed by atoms with Crippen LogP contribution in [0, 0.1) is 11.8 Å². The Kier molecular flexibility index (Phi) is 7.69. The van der Waals surface area contributed by atoms with Gasteiger partial charge in [0, 0.05) is 17.2 Å². The summed E-state index contributed by atoms with van der Waals surface area (Å²) in [5.41, 5.74) is -0.363. The molecule has 30 heavy (non-hydrogen) atoms. The SMILES string of the molecule is COc1cc(OC)cc(C(=O)NCC(=O)NCC#Cc2cccc(C(F)(F)F)c2)c1. The second-order valence-corrected chi connectivity index (χ2v) is 5.94. The second kappa shape index (κ2) is 10.2. The van der Waals surface area contributed by atoms with Crippen molar-refractivity contribution in [1.82, 2.24) is 10.6 Å². The van der Waals surface area contributed by atoms with E-state index in [2.05, 4.69) is 22.5 Å². The zero-order valence-corrected chi connectivity index (χ0v) is 16.2. The van der Waals surface area contributed by atoms with E-state index in [1.54, 1.807) is 6.07 Å². The van der Waals surface area contributed by atoms with E-state index in [1.165, 1.54) is 38.5 Å². The highest BCUT2D eigenvalue weighted by atomic mass is 19.4. The molecular weight excluding hydrogens is 401 g/mol. The van der Waals surface area contributed by atoms with Crippen LogP contribution in [0.3, 0.4) is 0 Å². The van der Waals surface area contributed by atoms with E-state index in [9.17, 15) is 22.8 Å². The van der Waals surface area contributed by atoms with Crippen LogP contribution in [0.4, 0.5) is 13.2 Å². The summed E-state index contributed by atoms with van der Waals surface area (Å²) < 4.78 is 48.2. The Morgan fingerprint density at radius 3 is 2.27 bits per heavy atom. The molecule has 0 heterocycles. The first-order valence-corrected chi connectivity index (χ1v) is 8.67. The largest absolute Gasteiger partial charge is 0.497 e. The predicted octanol–water partition coefficient (Wildman–Crippen LogP) is 2.62. The minimum Gasteiger partial charge on any atom is -0.497 e. The van der Waals surface area contributed by atoms with Crippen LogP contribution in [0.2, 0.25) is 0 Å². The number of hydrogen-bond donors (Lipinski definition) is 2. The quantitative estimate of drug-likeness (QED) is 0.705. The maximum Gasteiger partial charge on any atom is 0.416 e. The van der Waals surface area contributed by atoms with Gasteiger partial charge in [0.15, 0.2) is 0 Å². The van der Waals surface area contributed by atoms with Gasteiger partial charge in [0.2, 0.25) is 5.91 Å². The highest BCUT2D eigenvalue weighted by Crippen LogP contribution is 2.29. The Labute approximate surface area is 171 Å². The van der Waals surface area contributed by atoms with Gasteiger partial charge in [-0.3, -0.25) is 9.59 Å². The van der Waals surface area contributed by atoms with Crippen molar-refractivity contribution in [1.29, 1.82) is 0 Å². The fourth-order valence-corrected chi connectivity index (χ4v) is 2.33. The highest BCUT2D eigenvalue weighted by molar-refractivity contribution is 5.97. The number of halogens is 3. The molecule has 0 aromatic heterocycles. The van der Waals surface area contributed by atoms with Crippen molar-refractivity contribution < 1.29 is 32.2 Å². The van der Waals surface area contributed by atoms with Crippen molar-refractivity contribution in [2.75, 3.05) is 27.3 Å². The number of carbonyl (C=O) groups excluding carboxylic acids is 2. The molecule has 2 amide bonds. The van der Waals surface area contributed by atoms with Gasteiger partial charge in [0.05, 0.1) is 32.9 Å². The normalized spacial score (nSPS) is 10.4. The molecule has 0 bridgehead atoms. The number of alkyl halides is 3. The van der Waals surface area contributed by atoms with Crippen LogP contribution in [0.25, 0.3) is 0 Å². The van der Waals surface area contributed by atoms with Crippen molar-refractivity contribution in [2.45, 2.75) is 6.18 Å². The topological polar surface area (TPSA) is 76.7 Å². The number of nitrogens with one attached hydrogen (secondary N) is 2. The lowest BCUT2D eigenvalue weighted by Gasteiger charge is -2.09. The van der Waals surface area contributed by atoms with Gasteiger partial charge in [0.1, 0.15) is 11.5 Å². The second-order valence-electron chi connectivity index (χ2n) is 5.94. The first-order valence-electron chi connectivity index (χ1n) is 8.67. The summed E-state index contributed by atoms with van der Waals surface area (Å²) in [4.78, 5) is 24.0. The third kappa shape index (κ3) is 6.74. The lowest BCUT2D eigenvalue weighted by molar-refractivity contribution is -0.137. The smallest absolute Gasteiger partial charge is 0.416 e. The molecule has 158 valence electrons. The summed E-state index contributed by atoms with van der Waals surface area (Å²) in [5.74, 6) is 4.96. The van der Waals surface area contributed by atoms with Crippen LogP contribution < -0.4 is 20.1 Å². The molecule has 0 unspecified atom stereocenters. The summed E-state index contributed by atoms with van der Waals surface area (Å²) in [6, 6.07) is 9.17. The fourth-order valence-electron chi connectivity index (χ4n) is 2.33. The van der Waals surface area contributed by atoms with Crippen molar-refractivity contribution in [3.8, 4) is 23.3 Å². The Morgan fingerprint density at radius 2 is 1.67 bits per heavy atom. The van der Waals surface area contributed by atoms with Gasteiger partial charge < -0.3 is 20.1 Å². The van der Waals surface area contributed by atoms with E-state index in [0.717, 1.165) is 12.1 Å². The molecule has 0 aliphatic rings. The molecule has 0 saturated carbocycles. The van der Waals surface area contributed by atoms with Gasteiger partial charge in [0.25, 0.3) is 5.91 Å². The Morgan fingerprint density at radius 1 is 1.00 bits per heavy atom. The first-order chi connectivity index (χ1) is 14.2. The Balaban J connectivity index is 1.85. The number of hydrogen-bond acceptors (Lipinski definition) is 4. The molecule has 2 N–H and O–H groups in total. The molecule has 9 heteroatoms. The van der Waals surface area contributed by atoms with Gasteiger partial charge in [-0.1, -0.05) is 17.9 Å². The van der Waals surface area contributed by atoms with Crippen LogP contribution in [-0.4, -0.2) is 39.1 Å². The number of methoxy groups -OCH3 is 2. The van der Waals surface area contributed by atoms with E-state index in [-0.39, 0.29) is 24.2 Å². The molecule has 2 rings (SSSR count). The van der Waals surface area contributed by atoms with E-state index < -0.39 is 23.6 Å². The molecule has 2 aromatic rings. The number of ether oxygens (including phenoxy) is 2. The minimum absolute atomic E-state index is 0.0854. The molecule has 0 fully saturated rings. The monoisotopic (exact) mass is 420 g/mol. The summed E-state index contributed by atoms with van der Waals surface area (Å²) in [5, 5.41) is 4.90. The van der Waals surface area contributed by atoms with Crippen LogP contribution in [0.5, 0.6) is 11.5 Å². The number of amides is 2. The summed E-state index contributed by atoms with van der Waals surface area (Å²) in [6.45, 7) is -0.387. The summed E-state index contributed by atoms with van der Waals surface area (Å²) >= 11 is 0. The Bertz CT molecular complexity index is 956. The summed E-state index contributed by atoms with van der Waals surface area (Å²) in [7, 11) is 2.90. The molecule has 0 radical (unpaired) electrons. The van der Waals surface area contributed by atoms with Crippen LogP contribution >= 0.6 is 0 Å². The molecule has 0 aliphatic carbocycles. The van der Waals surface area contributed by atoms with Crippen LogP contribution in [-0.2, 0) is 11.0 Å². The van der Waals surface area contributed by atoms with E-state index in [1.807, 2.05) is 0 Å². The zero-order chi connectivity index (χ0) is 22.1. The first kappa shape index (κ1) is 22.6. The van der Waals surface area contributed by atoms with Crippen molar-refractivity contribution in [3.05, 3.63) is 59.2 Å². The molecule has 6 nitrogen and oxygen atoms in total. The average Bonchev–Trinajstić information content (AvgIpc) is 2.74. The number of benzene rings is 2. The third-order valence-electron chi connectivity index (χ3n) is 3.82. The zero-order valence-electron chi connectivity index (χ0n) is 16.2. The highest BCUT2D eigenvalue weighted by Gasteiger charge is 2.30. The standard InChI is InChI=1S/C21H19F3N2O4/c1-29-17-10-15(11-18(12-17)30-2)20(28)26-13-19(27)25-8-4-6-14-5-3-7-16(9-14)21(22,23)24/h3,5,7,9-12H,8,13H2,1-2H3,(H,25,27)(H,26,28). The maximum atomic E-state index is 12.7. The number of carbonyl (C=O) groups is 2. The predicted molar refractivity (Wildman–Crippen MR) is 103 cm³/mol. The lowest BCUT2D eigenvalue weighted by atomic mass is 10.1. The van der Waals surface area contributed by atoms with Crippen molar-refractivity contribution in [3.63, 3.8) is 0 Å². The fraction of sp³-hybridized carbons (Fsp3) is 0.238. The molecule has 2 aromatic carbocycles. The van der Waals surface area contributed by atoms with E-state index >= 15 is 0 Å². The van der Waals surface area contributed by atoms with Gasteiger partial charge in [-0.15, -0.1) is 0 Å². The van der Waals surface area contributed by atoms with Crippen molar-refractivity contribution in [2.24, 2.45) is 0 Å². The molecule has 0 saturated heterocycles. The third-order valence-corrected chi connectivity index (χ3v) is 3.82. The molecule has 0 atom stereocenters. The van der Waals surface area contributed by atoms with Gasteiger partial charge >= 0.3 is 6.18 Å². The van der Waals surface area contributed by atoms with E-state index in [0.29, 0.717) is 11.5 Å². The number of rotatable bonds is 6. The molecular formula is C21H19F3N2O4. The van der Waals surface area contributed by atoms with Gasteiger partial charge in [-0.25, -0.2) is 0 Å². The van der Waals surface area contributed by atoms with Crippen molar-refractivity contribution >= 4 is 11.8 Å². The molecule has 0 spiro atoms. The lowest BCUT2D eigenvalue weighted by Crippen LogP contribution is -2.37. The van der Waals surface area contributed by atoms with Crippen LogP contribution in [0.1, 0.15) is 21.5 Å². The average molecular weight is 420 g/mol. The molecule has 0 aliphatic heterocycles. The van der Waals surface area contributed by atoms with Gasteiger partial charge in [-0.2, -0.15) is 13.2 Å². The Hall–Kier alpha value is -3.67.